The van der Waals surface area contributed by atoms with E-state index in [9.17, 15) is 0 Å². The van der Waals surface area contributed by atoms with Crippen molar-refractivity contribution in [2.75, 3.05) is 19.6 Å². The van der Waals surface area contributed by atoms with Gasteiger partial charge in [-0.1, -0.05) is 0 Å². The van der Waals surface area contributed by atoms with Crippen LogP contribution < -0.4 is 0 Å². The Balaban J connectivity index is 4.10. The molecule has 0 N–H and O–H groups in total. The highest BCUT2D eigenvalue weighted by molar-refractivity contribution is 5.45. The van der Waals surface area contributed by atoms with Crippen molar-refractivity contribution in [3.63, 3.8) is 0 Å². The summed E-state index contributed by atoms with van der Waals surface area (Å²) in [6.07, 6.45) is 1.60. The molecule has 0 radical (unpaired) electrons. The Morgan fingerprint density at radius 2 is 1.62 bits per heavy atom. The van der Waals surface area contributed by atoms with E-state index < -0.39 is 0 Å². The lowest BCUT2D eigenvalue weighted by Gasteiger charge is -2.30. The second kappa shape index (κ2) is 5.97. The Hall–Kier alpha value is -0.570. The first kappa shape index (κ1) is 12.4. The van der Waals surface area contributed by atoms with Crippen LogP contribution in [-0.4, -0.2) is 36.7 Å². The SMILES string of the molecule is CC[N+](CC)(CC)OC=NC(C)C. The molecule has 78 valence electrons. The molecule has 0 aliphatic heterocycles. The van der Waals surface area contributed by atoms with E-state index in [1.54, 1.807) is 6.40 Å². The fourth-order valence-corrected chi connectivity index (χ4v) is 1.14. The Labute approximate surface area is 82.0 Å². The zero-order valence-electron chi connectivity index (χ0n) is 9.58. The van der Waals surface area contributed by atoms with Crippen LogP contribution in [-0.2, 0) is 4.84 Å². The summed E-state index contributed by atoms with van der Waals surface area (Å²) in [5, 5.41) is 0. The van der Waals surface area contributed by atoms with Crippen LogP contribution in [0.5, 0.6) is 0 Å². The Bertz CT molecular complexity index is 143. The Kier molecular flexibility index (Phi) is 5.71. The van der Waals surface area contributed by atoms with Gasteiger partial charge in [-0.15, -0.1) is 4.65 Å². The van der Waals surface area contributed by atoms with Crippen molar-refractivity contribution in [3.05, 3.63) is 0 Å². The minimum atomic E-state index is 0.312. The predicted octanol–water partition coefficient (Wildman–Crippen LogP) is 2.23. The summed E-state index contributed by atoms with van der Waals surface area (Å²) in [4.78, 5) is 9.82. The second-order valence-electron chi connectivity index (χ2n) is 3.46. The number of hydroxylamine groups is 3. The van der Waals surface area contributed by atoms with Crippen LogP contribution in [0.2, 0.25) is 0 Å². The van der Waals surface area contributed by atoms with E-state index in [1.807, 2.05) is 13.8 Å². The highest BCUT2D eigenvalue weighted by atomic mass is 16.7. The summed E-state index contributed by atoms with van der Waals surface area (Å²) in [5.74, 6) is 0. The summed E-state index contributed by atoms with van der Waals surface area (Å²) in [6.45, 7) is 13.4. The standard InChI is InChI=1S/C10H23N2O/c1-6-12(7-2,8-3)13-9-11-10(4)5/h9-10H,6-8H2,1-5H3/q+1. The third-order valence-corrected chi connectivity index (χ3v) is 2.36. The zero-order chi connectivity index (χ0) is 10.3. The quantitative estimate of drug-likeness (QED) is 0.270. The third kappa shape index (κ3) is 4.27. The molecule has 0 aromatic carbocycles. The van der Waals surface area contributed by atoms with Crippen molar-refractivity contribution in [2.45, 2.75) is 40.7 Å². The Morgan fingerprint density at radius 1 is 1.15 bits per heavy atom. The molecule has 0 aromatic heterocycles. The normalized spacial score (nSPS) is 12.8. The molecule has 0 amide bonds. The third-order valence-electron chi connectivity index (χ3n) is 2.36. The summed E-state index contributed by atoms with van der Waals surface area (Å²) in [6, 6.07) is 0.312. The lowest BCUT2D eigenvalue weighted by atomic mass is 10.4. The van der Waals surface area contributed by atoms with Crippen molar-refractivity contribution in [1.82, 2.24) is 0 Å². The van der Waals surface area contributed by atoms with E-state index in [1.165, 1.54) is 0 Å². The molecule has 0 aliphatic rings. The Morgan fingerprint density at radius 3 is 1.92 bits per heavy atom. The summed E-state index contributed by atoms with van der Waals surface area (Å²) >= 11 is 0. The first-order chi connectivity index (χ1) is 6.10. The van der Waals surface area contributed by atoms with Crippen LogP contribution in [0.25, 0.3) is 0 Å². The summed E-state index contributed by atoms with van der Waals surface area (Å²) < 4.78 is 0.663. The maximum absolute atomic E-state index is 5.63. The van der Waals surface area contributed by atoms with Gasteiger partial charge in [0.1, 0.15) is 19.6 Å². The number of nitrogens with zero attached hydrogens (tertiary/aromatic N) is 2. The molecule has 3 nitrogen and oxygen atoms in total. The van der Waals surface area contributed by atoms with Gasteiger partial charge in [0, 0.05) is 6.04 Å². The second-order valence-corrected chi connectivity index (χ2v) is 3.46. The molecule has 0 heterocycles. The van der Waals surface area contributed by atoms with Gasteiger partial charge in [0.25, 0.3) is 0 Å². The average Bonchev–Trinajstić information content (AvgIpc) is 2.13. The first-order valence-electron chi connectivity index (χ1n) is 5.16. The number of aliphatic imine (C=N–C) groups is 1. The smallest absolute Gasteiger partial charge is 0.240 e. The van der Waals surface area contributed by atoms with Crippen molar-refractivity contribution in [1.29, 1.82) is 0 Å². The minimum Gasteiger partial charge on any atom is -0.303 e. The molecule has 0 unspecified atom stereocenters. The van der Waals surface area contributed by atoms with Gasteiger partial charge in [0.05, 0.1) is 0 Å². The fourth-order valence-electron chi connectivity index (χ4n) is 1.14. The van der Waals surface area contributed by atoms with E-state index in [0.29, 0.717) is 10.7 Å². The molecule has 0 spiro atoms. The van der Waals surface area contributed by atoms with Crippen molar-refractivity contribution in [2.24, 2.45) is 4.99 Å². The van der Waals surface area contributed by atoms with Gasteiger partial charge in [-0.2, -0.15) is 0 Å². The monoisotopic (exact) mass is 187 g/mol. The highest BCUT2D eigenvalue weighted by Gasteiger charge is 2.21. The van der Waals surface area contributed by atoms with E-state index >= 15 is 0 Å². The van der Waals surface area contributed by atoms with E-state index in [0.717, 1.165) is 19.6 Å². The molecular formula is C10H23N2O+. The van der Waals surface area contributed by atoms with Gasteiger partial charge in [-0.3, -0.25) is 4.99 Å². The molecular weight excluding hydrogens is 164 g/mol. The molecule has 0 atom stereocenters. The molecule has 0 fully saturated rings. The number of hydrogen-bond donors (Lipinski definition) is 0. The van der Waals surface area contributed by atoms with Crippen molar-refractivity contribution >= 4 is 6.40 Å². The lowest BCUT2D eigenvalue weighted by Crippen LogP contribution is -2.47. The number of hydrogen-bond acceptors (Lipinski definition) is 2. The molecule has 3 heteroatoms. The van der Waals surface area contributed by atoms with Crippen LogP contribution in [0.1, 0.15) is 34.6 Å². The number of quaternary nitrogens is 1. The summed E-state index contributed by atoms with van der Waals surface area (Å²) in [5.41, 5.74) is 0. The van der Waals surface area contributed by atoms with Crippen molar-refractivity contribution < 1.29 is 9.48 Å². The minimum absolute atomic E-state index is 0.312. The molecule has 0 aliphatic carbocycles. The van der Waals surface area contributed by atoms with E-state index in [4.69, 9.17) is 4.84 Å². The zero-order valence-corrected chi connectivity index (χ0v) is 9.58. The predicted molar refractivity (Wildman–Crippen MR) is 56.6 cm³/mol. The van der Waals surface area contributed by atoms with Crippen molar-refractivity contribution in [3.8, 4) is 0 Å². The van der Waals surface area contributed by atoms with Gasteiger partial charge < -0.3 is 4.84 Å². The lowest BCUT2D eigenvalue weighted by molar-refractivity contribution is -1.08. The van der Waals surface area contributed by atoms with E-state index in [2.05, 4.69) is 25.8 Å². The van der Waals surface area contributed by atoms with Gasteiger partial charge in [-0.25, -0.2) is 0 Å². The van der Waals surface area contributed by atoms with Crippen LogP contribution in [0.4, 0.5) is 0 Å². The van der Waals surface area contributed by atoms with E-state index in [-0.39, 0.29) is 0 Å². The van der Waals surface area contributed by atoms with Gasteiger partial charge in [0.15, 0.2) is 0 Å². The molecule has 0 aromatic rings. The van der Waals surface area contributed by atoms with Gasteiger partial charge >= 0.3 is 0 Å². The first-order valence-corrected chi connectivity index (χ1v) is 5.16. The van der Waals surface area contributed by atoms with Crippen LogP contribution >= 0.6 is 0 Å². The fraction of sp³-hybridized carbons (Fsp3) is 0.900. The highest BCUT2D eigenvalue weighted by Crippen LogP contribution is 2.05. The van der Waals surface area contributed by atoms with Crippen LogP contribution in [0.15, 0.2) is 4.99 Å². The molecule has 0 rings (SSSR count). The van der Waals surface area contributed by atoms with Crippen LogP contribution in [0.3, 0.4) is 0 Å². The molecule has 13 heavy (non-hydrogen) atoms. The maximum Gasteiger partial charge on any atom is 0.240 e. The molecule has 0 bridgehead atoms. The molecule has 0 saturated carbocycles. The average molecular weight is 187 g/mol. The summed E-state index contributed by atoms with van der Waals surface area (Å²) in [7, 11) is 0. The molecule has 0 saturated heterocycles. The number of rotatable bonds is 6. The van der Waals surface area contributed by atoms with Gasteiger partial charge in [0.2, 0.25) is 6.40 Å². The maximum atomic E-state index is 5.63. The van der Waals surface area contributed by atoms with Gasteiger partial charge in [-0.05, 0) is 34.6 Å². The topological polar surface area (TPSA) is 21.6 Å². The van der Waals surface area contributed by atoms with Crippen LogP contribution in [0, 0.1) is 0 Å². The largest absolute Gasteiger partial charge is 0.303 e.